The first-order valence-electron chi connectivity index (χ1n) is 11.2. The SMILES string of the molecule is COc1cccc(OC)c1-n1c(NS(=O)(=O)[C@H](C)[C@@H](OC)c2ncnn2C)nnc1-c1cncc(C)c1. The van der Waals surface area contributed by atoms with Crippen LogP contribution < -0.4 is 14.2 Å². The summed E-state index contributed by atoms with van der Waals surface area (Å²) in [6, 6.07) is 7.08. The van der Waals surface area contributed by atoms with E-state index in [0.29, 0.717) is 34.4 Å². The van der Waals surface area contributed by atoms with Crippen LogP contribution in [0.3, 0.4) is 0 Å². The molecule has 13 nitrogen and oxygen atoms in total. The third-order valence-corrected chi connectivity index (χ3v) is 7.52. The Morgan fingerprint density at radius 1 is 1.05 bits per heavy atom. The van der Waals surface area contributed by atoms with Crippen LogP contribution in [0.1, 0.15) is 24.4 Å². The van der Waals surface area contributed by atoms with Gasteiger partial charge in [0.2, 0.25) is 16.0 Å². The third-order valence-electron chi connectivity index (χ3n) is 5.83. The van der Waals surface area contributed by atoms with Crippen molar-refractivity contribution in [3.8, 4) is 28.6 Å². The summed E-state index contributed by atoms with van der Waals surface area (Å²) in [5, 5.41) is 11.4. The van der Waals surface area contributed by atoms with E-state index in [1.807, 2.05) is 13.0 Å². The molecule has 196 valence electrons. The molecule has 3 heterocycles. The minimum atomic E-state index is -4.09. The van der Waals surface area contributed by atoms with Crippen molar-refractivity contribution in [1.82, 2.24) is 34.5 Å². The molecule has 0 aliphatic carbocycles. The van der Waals surface area contributed by atoms with Gasteiger partial charge in [0.25, 0.3) is 0 Å². The Bertz CT molecular complexity index is 1480. The summed E-state index contributed by atoms with van der Waals surface area (Å²) in [6.45, 7) is 3.41. The van der Waals surface area contributed by atoms with Gasteiger partial charge in [-0.3, -0.25) is 19.0 Å². The van der Waals surface area contributed by atoms with Gasteiger partial charge in [-0.05, 0) is 37.6 Å². The maximum atomic E-state index is 13.6. The number of aryl methyl sites for hydroxylation is 2. The fraction of sp³-hybridized carbons (Fsp3) is 0.348. The van der Waals surface area contributed by atoms with Gasteiger partial charge in [0.1, 0.15) is 34.9 Å². The molecule has 37 heavy (non-hydrogen) atoms. The Kier molecular flexibility index (Phi) is 7.40. The summed E-state index contributed by atoms with van der Waals surface area (Å²) in [5.74, 6) is 1.46. The molecule has 0 saturated heterocycles. The third kappa shape index (κ3) is 4.97. The molecule has 0 aliphatic heterocycles. The molecular formula is C23H28N8O5S. The number of para-hydroxylation sites is 1. The Hall–Kier alpha value is -4.04. The molecule has 3 aromatic heterocycles. The number of methoxy groups -OCH3 is 3. The van der Waals surface area contributed by atoms with Crippen LogP contribution in [0.2, 0.25) is 0 Å². The van der Waals surface area contributed by atoms with Crippen LogP contribution in [0.25, 0.3) is 17.1 Å². The van der Waals surface area contributed by atoms with Crippen molar-refractivity contribution in [2.24, 2.45) is 7.05 Å². The van der Waals surface area contributed by atoms with Gasteiger partial charge in [0, 0.05) is 32.1 Å². The number of benzene rings is 1. The summed E-state index contributed by atoms with van der Waals surface area (Å²) in [6.07, 6.45) is 3.76. The lowest BCUT2D eigenvalue weighted by atomic mass is 10.2. The second-order valence-corrected chi connectivity index (χ2v) is 10.2. The van der Waals surface area contributed by atoms with Gasteiger partial charge in [-0.15, -0.1) is 10.2 Å². The van der Waals surface area contributed by atoms with Crippen LogP contribution in [-0.4, -0.2) is 69.5 Å². The lowest BCUT2D eigenvalue weighted by molar-refractivity contribution is 0.0918. The zero-order chi connectivity index (χ0) is 26.7. The van der Waals surface area contributed by atoms with Crippen molar-refractivity contribution < 1.29 is 22.6 Å². The standard InChI is InChI=1S/C23H28N8O5S/c1-14-10-16(12-24-11-14)21-27-28-23(31(21)19-17(34-4)8-7-9-18(19)35-5)29-37(32,33)15(2)20(36-6)22-25-13-26-30(22)3/h7-13,15,20H,1-6H3,(H,28,29)/t15-,20-/m1/s1. The van der Waals surface area contributed by atoms with E-state index in [0.717, 1.165) is 5.56 Å². The highest BCUT2D eigenvalue weighted by molar-refractivity contribution is 7.93. The van der Waals surface area contributed by atoms with Crippen molar-refractivity contribution in [3.63, 3.8) is 0 Å². The van der Waals surface area contributed by atoms with Crippen LogP contribution >= 0.6 is 0 Å². The number of hydrogen-bond donors (Lipinski definition) is 1. The van der Waals surface area contributed by atoms with Crippen LogP contribution in [0.5, 0.6) is 11.5 Å². The largest absolute Gasteiger partial charge is 0.494 e. The monoisotopic (exact) mass is 528 g/mol. The molecule has 0 aliphatic rings. The van der Waals surface area contributed by atoms with Crippen molar-refractivity contribution in [2.75, 3.05) is 26.1 Å². The molecule has 0 saturated carbocycles. The quantitative estimate of drug-likeness (QED) is 0.325. The average molecular weight is 529 g/mol. The van der Waals surface area contributed by atoms with Gasteiger partial charge >= 0.3 is 0 Å². The van der Waals surface area contributed by atoms with E-state index in [-0.39, 0.29) is 5.95 Å². The lowest BCUT2D eigenvalue weighted by Crippen LogP contribution is -2.34. The molecule has 1 aromatic carbocycles. The van der Waals surface area contributed by atoms with Crippen molar-refractivity contribution in [1.29, 1.82) is 0 Å². The van der Waals surface area contributed by atoms with E-state index in [1.54, 1.807) is 37.6 Å². The van der Waals surface area contributed by atoms with E-state index in [1.165, 1.54) is 43.8 Å². The minimum Gasteiger partial charge on any atom is -0.494 e. The Balaban J connectivity index is 1.87. The highest BCUT2D eigenvalue weighted by Crippen LogP contribution is 2.38. The molecule has 1 N–H and O–H groups in total. The number of sulfonamides is 1. The number of nitrogens with one attached hydrogen (secondary N) is 1. The van der Waals surface area contributed by atoms with E-state index < -0.39 is 21.4 Å². The molecular weight excluding hydrogens is 500 g/mol. The second kappa shape index (κ2) is 10.5. The summed E-state index contributed by atoms with van der Waals surface area (Å²) in [4.78, 5) is 8.40. The van der Waals surface area contributed by atoms with E-state index in [9.17, 15) is 8.42 Å². The molecule has 0 unspecified atom stereocenters. The zero-order valence-electron chi connectivity index (χ0n) is 21.3. The molecule has 0 fully saturated rings. The van der Waals surface area contributed by atoms with Gasteiger partial charge in [-0.25, -0.2) is 13.4 Å². The van der Waals surface area contributed by atoms with Gasteiger partial charge in [-0.1, -0.05) is 6.07 Å². The Morgan fingerprint density at radius 2 is 1.76 bits per heavy atom. The number of hydrogen-bond acceptors (Lipinski definition) is 10. The second-order valence-electron chi connectivity index (χ2n) is 8.20. The lowest BCUT2D eigenvalue weighted by Gasteiger charge is -2.23. The highest BCUT2D eigenvalue weighted by Gasteiger charge is 2.35. The highest BCUT2D eigenvalue weighted by atomic mass is 32.2. The van der Waals surface area contributed by atoms with E-state index in [2.05, 4.69) is 30.0 Å². The first-order chi connectivity index (χ1) is 17.7. The topological polar surface area (TPSA) is 148 Å². The Labute approximate surface area is 214 Å². The van der Waals surface area contributed by atoms with Gasteiger partial charge < -0.3 is 14.2 Å². The van der Waals surface area contributed by atoms with Crippen molar-refractivity contribution >= 4 is 16.0 Å². The molecule has 4 aromatic rings. The van der Waals surface area contributed by atoms with Crippen LogP contribution in [0.15, 0.2) is 43.0 Å². The summed E-state index contributed by atoms with van der Waals surface area (Å²) in [7, 11) is 2.00. The normalized spacial score (nSPS) is 13.2. The maximum absolute atomic E-state index is 13.6. The molecule has 0 amide bonds. The number of aromatic nitrogens is 7. The number of nitrogens with zero attached hydrogens (tertiary/aromatic N) is 7. The number of anilines is 1. The fourth-order valence-corrected chi connectivity index (χ4v) is 5.06. The predicted molar refractivity (Wildman–Crippen MR) is 135 cm³/mol. The van der Waals surface area contributed by atoms with Crippen molar-refractivity contribution in [2.45, 2.75) is 25.2 Å². The Morgan fingerprint density at radius 3 is 2.32 bits per heavy atom. The molecule has 0 radical (unpaired) electrons. The molecule has 0 bridgehead atoms. The molecule has 4 rings (SSSR count). The number of pyridine rings is 1. The van der Waals surface area contributed by atoms with Crippen molar-refractivity contribution in [3.05, 3.63) is 54.4 Å². The number of ether oxygens (including phenoxy) is 3. The van der Waals surface area contributed by atoms with Crippen LogP contribution in [0.4, 0.5) is 5.95 Å². The average Bonchev–Trinajstić information content (AvgIpc) is 3.49. The first kappa shape index (κ1) is 26.0. The smallest absolute Gasteiger partial charge is 0.243 e. The van der Waals surface area contributed by atoms with Crippen LogP contribution in [0, 0.1) is 6.92 Å². The van der Waals surface area contributed by atoms with Crippen LogP contribution in [-0.2, 0) is 21.8 Å². The van der Waals surface area contributed by atoms with E-state index >= 15 is 0 Å². The molecule has 2 atom stereocenters. The predicted octanol–water partition coefficient (Wildman–Crippen LogP) is 2.30. The molecule has 14 heteroatoms. The van der Waals surface area contributed by atoms with E-state index in [4.69, 9.17) is 14.2 Å². The fourth-order valence-electron chi connectivity index (χ4n) is 3.93. The first-order valence-corrected chi connectivity index (χ1v) is 12.7. The minimum absolute atomic E-state index is 0.0704. The van der Waals surface area contributed by atoms with Gasteiger partial charge in [-0.2, -0.15) is 5.10 Å². The summed E-state index contributed by atoms with van der Waals surface area (Å²) < 4.78 is 49.4. The van der Waals surface area contributed by atoms with Gasteiger partial charge in [0.05, 0.1) is 14.2 Å². The molecule has 0 spiro atoms. The summed E-state index contributed by atoms with van der Waals surface area (Å²) >= 11 is 0. The maximum Gasteiger partial charge on any atom is 0.243 e. The summed E-state index contributed by atoms with van der Waals surface area (Å²) in [5.41, 5.74) is 1.92. The number of rotatable bonds is 10. The zero-order valence-corrected chi connectivity index (χ0v) is 22.1. The van der Waals surface area contributed by atoms with Gasteiger partial charge in [0.15, 0.2) is 11.6 Å².